The fourth-order valence-electron chi connectivity index (χ4n) is 3.64. The van der Waals surface area contributed by atoms with Gasteiger partial charge in [-0.05, 0) is 30.0 Å². The Morgan fingerprint density at radius 1 is 1.24 bits per heavy atom. The number of nitrogens with zero attached hydrogens (tertiary/aromatic N) is 2. The Labute approximate surface area is 147 Å². The van der Waals surface area contributed by atoms with Gasteiger partial charge in [-0.15, -0.1) is 0 Å². The van der Waals surface area contributed by atoms with Crippen LogP contribution in [0.3, 0.4) is 0 Å². The molecule has 0 unspecified atom stereocenters. The largest absolute Gasteiger partial charge is 0.369 e. The fraction of sp³-hybridized carbons (Fsp3) is 0.421. The summed E-state index contributed by atoms with van der Waals surface area (Å²) in [4.78, 5) is 39.6. The molecule has 3 amide bonds. The Balaban J connectivity index is 1.79. The SMILES string of the molecule is CC(=O)N1C=Cc2ccccc2[C@@H]1CC(=O)N1CCC[C@H](C(N)=O)C1. The topological polar surface area (TPSA) is 83.7 Å². The second-order valence-corrected chi connectivity index (χ2v) is 6.67. The first-order valence-corrected chi connectivity index (χ1v) is 8.60. The van der Waals surface area contributed by atoms with Crippen molar-refractivity contribution >= 4 is 23.8 Å². The number of hydrogen-bond donors (Lipinski definition) is 1. The van der Waals surface area contributed by atoms with Crippen LogP contribution in [0.1, 0.15) is 43.4 Å². The molecule has 2 N–H and O–H groups in total. The van der Waals surface area contributed by atoms with Crippen molar-refractivity contribution in [2.45, 2.75) is 32.2 Å². The third kappa shape index (κ3) is 3.57. The molecule has 0 aliphatic carbocycles. The zero-order valence-electron chi connectivity index (χ0n) is 14.4. The Kier molecular flexibility index (Phi) is 4.88. The molecule has 25 heavy (non-hydrogen) atoms. The van der Waals surface area contributed by atoms with Gasteiger partial charge in [0.15, 0.2) is 0 Å². The van der Waals surface area contributed by atoms with Crippen LogP contribution in [0, 0.1) is 5.92 Å². The lowest BCUT2D eigenvalue weighted by Gasteiger charge is -2.36. The summed E-state index contributed by atoms with van der Waals surface area (Å²) in [5, 5.41) is 0. The van der Waals surface area contributed by atoms with Crippen LogP contribution < -0.4 is 5.73 Å². The van der Waals surface area contributed by atoms with E-state index in [0.29, 0.717) is 13.1 Å². The van der Waals surface area contributed by atoms with Crippen molar-refractivity contribution in [3.05, 3.63) is 41.6 Å². The third-order valence-electron chi connectivity index (χ3n) is 5.01. The summed E-state index contributed by atoms with van der Waals surface area (Å²) >= 11 is 0. The van der Waals surface area contributed by atoms with E-state index in [0.717, 1.165) is 24.0 Å². The number of carbonyl (C=O) groups is 3. The monoisotopic (exact) mass is 341 g/mol. The lowest BCUT2D eigenvalue weighted by Crippen LogP contribution is -2.45. The molecule has 0 saturated carbocycles. The number of piperidine rings is 1. The van der Waals surface area contributed by atoms with Crippen molar-refractivity contribution in [2.75, 3.05) is 13.1 Å². The summed E-state index contributed by atoms with van der Waals surface area (Å²) in [5.74, 6) is -0.779. The second kappa shape index (κ2) is 7.09. The van der Waals surface area contributed by atoms with Gasteiger partial charge in [-0.2, -0.15) is 0 Å². The fourth-order valence-corrected chi connectivity index (χ4v) is 3.64. The third-order valence-corrected chi connectivity index (χ3v) is 5.01. The summed E-state index contributed by atoms with van der Waals surface area (Å²) in [5.41, 5.74) is 7.39. The molecule has 1 aromatic carbocycles. The van der Waals surface area contributed by atoms with Gasteiger partial charge in [0.25, 0.3) is 0 Å². The highest BCUT2D eigenvalue weighted by Gasteiger charge is 2.32. The molecule has 132 valence electrons. The minimum Gasteiger partial charge on any atom is -0.369 e. The number of carbonyl (C=O) groups excluding carboxylic acids is 3. The lowest BCUT2D eigenvalue weighted by atomic mass is 9.92. The Bertz CT molecular complexity index is 728. The maximum Gasteiger partial charge on any atom is 0.225 e. The highest BCUT2D eigenvalue weighted by Crippen LogP contribution is 2.33. The average Bonchev–Trinajstić information content (AvgIpc) is 2.61. The average molecular weight is 341 g/mol. The maximum absolute atomic E-state index is 12.8. The standard InChI is InChI=1S/C19H23N3O3/c1-13(23)22-10-8-14-5-2-3-7-16(14)17(22)11-18(24)21-9-4-6-15(12-21)19(20)25/h2-3,5,7-8,10,15,17H,4,6,9,11-12H2,1H3,(H2,20,25)/t15-,17-/m0/s1. The predicted molar refractivity (Wildman–Crippen MR) is 93.9 cm³/mol. The number of primary amides is 1. The first kappa shape index (κ1) is 17.2. The van der Waals surface area contributed by atoms with Crippen LogP contribution in [0.25, 0.3) is 6.08 Å². The van der Waals surface area contributed by atoms with E-state index in [2.05, 4.69) is 0 Å². The first-order chi connectivity index (χ1) is 12.0. The van der Waals surface area contributed by atoms with Crippen LogP contribution in [0.15, 0.2) is 30.5 Å². The zero-order valence-corrected chi connectivity index (χ0v) is 14.4. The number of hydrogen-bond acceptors (Lipinski definition) is 3. The van der Waals surface area contributed by atoms with E-state index in [-0.39, 0.29) is 36.1 Å². The van der Waals surface area contributed by atoms with Gasteiger partial charge in [0.1, 0.15) is 0 Å². The molecule has 1 fully saturated rings. The van der Waals surface area contributed by atoms with Gasteiger partial charge in [0.05, 0.1) is 18.4 Å². The van der Waals surface area contributed by atoms with Crippen LogP contribution in [0.5, 0.6) is 0 Å². The Morgan fingerprint density at radius 2 is 2.00 bits per heavy atom. The number of fused-ring (bicyclic) bond motifs is 1. The van der Waals surface area contributed by atoms with Crippen LogP contribution >= 0.6 is 0 Å². The molecular weight excluding hydrogens is 318 g/mol. The molecule has 6 heteroatoms. The van der Waals surface area contributed by atoms with E-state index in [1.54, 1.807) is 16.0 Å². The quantitative estimate of drug-likeness (QED) is 0.908. The highest BCUT2D eigenvalue weighted by atomic mass is 16.2. The predicted octanol–water partition coefficient (Wildman–Crippen LogP) is 1.67. The Morgan fingerprint density at radius 3 is 2.72 bits per heavy atom. The van der Waals surface area contributed by atoms with Crippen LogP contribution in [-0.4, -0.2) is 40.6 Å². The van der Waals surface area contributed by atoms with E-state index < -0.39 is 0 Å². The number of nitrogens with two attached hydrogens (primary N) is 1. The molecular formula is C19H23N3O3. The molecule has 1 saturated heterocycles. The van der Waals surface area contributed by atoms with Gasteiger partial charge in [0.2, 0.25) is 17.7 Å². The second-order valence-electron chi connectivity index (χ2n) is 6.67. The molecule has 1 aromatic rings. The van der Waals surface area contributed by atoms with E-state index >= 15 is 0 Å². The van der Waals surface area contributed by atoms with E-state index in [9.17, 15) is 14.4 Å². The number of rotatable bonds is 3. The number of amides is 3. The van der Waals surface area contributed by atoms with Crippen molar-refractivity contribution in [1.29, 1.82) is 0 Å². The van der Waals surface area contributed by atoms with E-state index in [4.69, 9.17) is 5.73 Å². The minimum absolute atomic E-state index is 0.0488. The van der Waals surface area contributed by atoms with Crippen LogP contribution in [0.2, 0.25) is 0 Å². The summed E-state index contributed by atoms with van der Waals surface area (Å²) in [7, 11) is 0. The molecule has 6 nitrogen and oxygen atoms in total. The van der Waals surface area contributed by atoms with Crippen LogP contribution in [-0.2, 0) is 14.4 Å². The zero-order chi connectivity index (χ0) is 18.0. The van der Waals surface area contributed by atoms with Crippen molar-refractivity contribution in [3.8, 4) is 0 Å². The van der Waals surface area contributed by atoms with Gasteiger partial charge in [-0.3, -0.25) is 14.4 Å². The summed E-state index contributed by atoms with van der Waals surface area (Å²) in [6.45, 7) is 2.51. The molecule has 0 aromatic heterocycles. The summed E-state index contributed by atoms with van der Waals surface area (Å²) in [6.07, 6.45) is 5.34. The molecule has 0 spiro atoms. The highest BCUT2D eigenvalue weighted by molar-refractivity contribution is 5.83. The first-order valence-electron chi connectivity index (χ1n) is 8.60. The van der Waals surface area contributed by atoms with Crippen LogP contribution in [0.4, 0.5) is 0 Å². The van der Waals surface area contributed by atoms with Crippen molar-refractivity contribution in [1.82, 2.24) is 9.80 Å². The molecule has 2 heterocycles. The van der Waals surface area contributed by atoms with Crippen molar-refractivity contribution in [2.24, 2.45) is 11.7 Å². The lowest BCUT2D eigenvalue weighted by molar-refractivity contribution is -0.137. The molecule has 2 atom stereocenters. The van der Waals surface area contributed by atoms with Gasteiger partial charge in [0, 0.05) is 26.2 Å². The maximum atomic E-state index is 12.8. The number of likely N-dealkylation sites (tertiary alicyclic amines) is 1. The van der Waals surface area contributed by atoms with E-state index in [1.165, 1.54) is 6.92 Å². The Hall–Kier alpha value is -2.63. The smallest absolute Gasteiger partial charge is 0.225 e. The van der Waals surface area contributed by atoms with Crippen molar-refractivity contribution in [3.63, 3.8) is 0 Å². The molecule has 2 aliphatic heterocycles. The molecule has 0 radical (unpaired) electrons. The minimum atomic E-state index is -0.353. The van der Waals surface area contributed by atoms with E-state index in [1.807, 2.05) is 30.3 Å². The molecule has 2 aliphatic rings. The molecule has 3 rings (SSSR count). The van der Waals surface area contributed by atoms with Crippen molar-refractivity contribution < 1.29 is 14.4 Å². The van der Waals surface area contributed by atoms with Gasteiger partial charge in [-0.25, -0.2) is 0 Å². The van der Waals surface area contributed by atoms with Gasteiger partial charge >= 0.3 is 0 Å². The van der Waals surface area contributed by atoms with Gasteiger partial charge < -0.3 is 15.5 Å². The normalized spacial score (nSPS) is 22.4. The number of benzene rings is 1. The van der Waals surface area contributed by atoms with Gasteiger partial charge in [-0.1, -0.05) is 24.3 Å². The molecule has 0 bridgehead atoms. The summed E-state index contributed by atoms with van der Waals surface area (Å²) in [6, 6.07) is 7.46. The summed E-state index contributed by atoms with van der Waals surface area (Å²) < 4.78 is 0.